The van der Waals surface area contributed by atoms with Crippen LogP contribution in [0.3, 0.4) is 0 Å². The molecule has 2 heterocycles. The van der Waals surface area contributed by atoms with Crippen LogP contribution in [0.1, 0.15) is 37.8 Å². The number of carbonyl (C=O) groups is 1. The summed E-state index contributed by atoms with van der Waals surface area (Å²) in [6.45, 7) is 3.93. The highest BCUT2D eigenvalue weighted by molar-refractivity contribution is 7.99. The molecule has 2 rings (SSSR count). The van der Waals surface area contributed by atoms with Gasteiger partial charge >= 0.3 is 0 Å². The largest absolute Gasteiger partial charge is 0.340 e. The number of aryl methyl sites for hydroxylation is 1. The molecular formula is C15H27ClN4OS. The molecule has 1 N–H and O–H groups in total. The number of hydrogen-bond donors (Lipinski definition) is 1. The van der Waals surface area contributed by atoms with Gasteiger partial charge in [-0.2, -0.15) is 16.9 Å². The van der Waals surface area contributed by atoms with Crippen molar-refractivity contribution in [3.63, 3.8) is 0 Å². The normalized spacial score (nSPS) is 20.1. The van der Waals surface area contributed by atoms with Gasteiger partial charge in [-0.3, -0.25) is 9.48 Å². The van der Waals surface area contributed by atoms with Crippen molar-refractivity contribution >= 4 is 30.1 Å². The average molecular weight is 347 g/mol. The van der Waals surface area contributed by atoms with Crippen LogP contribution in [0.25, 0.3) is 0 Å². The van der Waals surface area contributed by atoms with Crippen molar-refractivity contribution in [3.8, 4) is 0 Å². The summed E-state index contributed by atoms with van der Waals surface area (Å²) in [7, 11) is 3.71. The van der Waals surface area contributed by atoms with E-state index in [4.69, 9.17) is 0 Å². The molecule has 0 radical (unpaired) electrons. The summed E-state index contributed by atoms with van der Waals surface area (Å²) in [5.74, 6) is 1.29. The van der Waals surface area contributed by atoms with Crippen LogP contribution in [-0.2, 0) is 11.8 Å². The molecular weight excluding hydrogens is 320 g/mol. The molecule has 7 heteroatoms. The average Bonchev–Trinajstić information content (AvgIpc) is 2.75. The Kier molecular flexibility index (Phi) is 8.28. The lowest BCUT2D eigenvalue weighted by Gasteiger charge is -2.27. The number of nitrogens with one attached hydrogen (secondary N) is 1. The van der Waals surface area contributed by atoms with Crippen molar-refractivity contribution in [1.82, 2.24) is 20.0 Å². The van der Waals surface area contributed by atoms with Gasteiger partial charge in [-0.25, -0.2) is 0 Å². The second-order valence-electron chi connectivity index (χ2n) is 5.53. The number of carbonyl (C=O) groups excluding carboxylic acids is 1. The summed E-state index contributed by atoms with van der Waals surface area (Å²) in [6, 6.07) is -0.288. The zero-order valence-electron chi connectivity index (χ0n) is 13.6. The van der Waals surface area contributed by atoms with Crippen molar-refractivity contribution in [3.05, 3.63) is 18.0 Å². The first-order chi connectivity index (χ1) is 10.2. The third-order valence-electron chi connectivity index (χ3n) is 3.94. The van der Waals surface area contributed by atoms with Crippen LogP contribution in [0, 0.1) is 0 Å². The molecule has 0 bridgehead atoms. The molecule has 1 aromatic heterocycles. The standard InChI is InChI=1S/C15H26N4OS.ClH/c1-4-21-13-7-5-6-8-19(11-13)15(20)14(16-2)12-9-17-18(3)10-12;/h9-10,13-14,16H,4-8,11H2,1-3H3;1H. The van der Waals surface area contributed by atoms with Gasteiger partial charge in [0.05, 0.1) is 6.20 Å². The van der Waals surface area contributed by atoms with Crippen LogP contribution in [0.5, 0.6) is 0 Å². The monoisotopic (exact) mass is 346 g/mol. The Morgan fingerprint density at radius 3 is 2.91 bits per heavy atom. The fourth-order valence-corrected chi connectivity index (χ4v) is 3.97. The van der Waals surface area contributed by atoms with E-state index in [9.17, 15) is 4.79 Å². The van der Waals surface area contributed by atoms with E-state index in [0.29, 0.717) is 5.25 Å². The maximum atomic E-state index is 12.9. The molecule has 1 amide bonds. The van der Waals surface area contributed by atoms with Gasteiger partial charge in [0.2, 0.25) is 5.91 Å². The van der Waals surface area contributed by atoms with Gasteiger partial charge in [0.25, 0.3) is 0 Å². The molecule has 0 aromatic carbocycles. The summed E-state index contributed by atoms with van der Waals surface area (Å²) >= 11 is 1.98. The highest BCUT2D eigenvalue weighted by atomic mass is 35.5. The minimum Gasteiger partial charge on any atom is -0.340 e. The number of aromatic nitrogens is 2. The molecule has 2 unspecified atom stereocenters. The van der Waals surface area contributed by atoms with Gasteiger partial charge in [-0.15, -0.1) is 12.4 Å². The van der Waals surface area contributed by atoms with E-state index < -0.39 is 0 Å². The number of thioether (sulfide) groups is 1. The molecule has 0 aliphatic carbocycles. The van der Waals surface area contributed by atoms with Gasteiger partial charge in [-0.1, -0.05) is 13.3 Å². The van der Waals surface area contributed by atoms with Crippen LogP contribution in [0.15, 0.2) is 12.4 Å². The number of hydrogen-bond acceptors (Lipinski definition) is 4. The maximum Gasteiger partial charge on any atom is 0.244 e. The zero-order chi connectivity index (χ0) is 15.2. The van der Waals surface area contributed by atoms with E-state index in [1.54, 1.807) is 10.9 Å². The zero-order valence-corrected chi connectivity index (χ0v) is 15.3. The topological polar surface area (TPSA) is 50.2 Å². The number of likely N-dealkylation sites (tertiary alicyclic amines) is 1. The third kappa shape index (κ3) is 4.89. The summed E-state index contributed by atoms with van der Waals surface area (Å²) in [4.78, 5) is 14.9. The van der Waals surface area contributed by atoms with Gasteiger partial charge in [0.15, 0.2) is 0 Å². The lowest BCUT2D eigenvalue weighted by molar-refractivity contribution is -0.133. The fourth-order valence-electron chi connectivity index (χ4n) is 2.88. The summed E-state index contributed by atoms with van der Waals surface area (Å²) in [5, 5.41) is 7.90. The second-order valence-corrected chi connectivity index (χ2v) is 7.10. The van der Waals surface area contributed by atoms with E-state index in [1.165, 1.54) is 12.8 Å². The molecule has 0 spiro atoms. The van der Waals surface area contributed by atoms with E-state index in [0.717, 1.165) is 30.8 Å². The Labute approximate surface area is 143 Å². The Bertz CT molecular complexity index is 468. The second kappa shape index (κ2) is 9.43. The Morgan fingerprint density at radius 2 is 2.32 bits per heavy atom. The quantitative estimate of drug-likeness (QED) is 0.888. The summed E-state index contributed by atoms with van der Waals surface area (Å²) in [6.07, 6.45) is 7.23. The Hall–Kier alpha value is -0.720. The lowest BCUT2D eigenvalue weighted by Crippen LogP contribution is -2.42. The lowest BCUT2D eigenvalue weighted by atomic mass is 10.1. The Balaban J connectivity index is 0.00000242. The molecule has 1 saturated heterocycles. The van der Waals surface area contributed by atoms with Crippen LogP contribution in [0.4, 0.5) is 0 Å². The van der Waals surface area contributed by atoms with Crippen LogP contribution < -0.4 is 5.32 Å². The third-order valence-corrected chi connectivity index (χ3v) is 5.13. The van der Waals surface area contributed by atoms with Crippen molar-refractivity contribution < 1.29 is 4.79 Å². The molecule has 5 nitrogen and oxygen atoms in total. The first kappa shape index (κ1) is 19.3. The van der Waals surface area contributed by atoms with Gasteiger partial charge in [-0.05, 0) is 25.6 Å². The highest BCUT2D eigenvalue weighted by Gasteiger charge is 2.28. The molecule has 1 aliphatic heterocycles. The van der Waals surface area contributed by atoms with Crippen LogP contribution in [-0.4, -0.2) is 51.7 Å². The SMILES string of the molecule is CCSC1CCCCN(C(=O)C(NC)c2cnn(C)c2)C1.Cl. The molecule has 1 aliphatic rings. The van der Waals surface area contributed by atoms with Gasteiger partial charge in [0, 0.05) is 37.1 Å². The molecule has 22 heavy (non-hydrogen) atoms. The number of rotatable bonds is 5. The minimum atomic E-state index is -0.288. The van der Waals surface area contributed by atoms with Crippen molar-refractivity contribution in [1.29, 1.82) is 0 Å². The minimum absolute atomic E-state index is 0. The predicted molar refractivity (Wildman–Crippen MR) is 94.6 cm³/mol. The first-order valence-electron chi connectivity index (χ1n) is 7.72. The Morgan fingerprint density at radius 1 is 1.55 bits per heavy atom. The maximum absolute atomic E-state index is 12.9. The summed E-state index contributed by atoms with van der Waals surface area (Å²) < 4.78 is 1.74. The number of likely N-dealkylation sites (N-methyl/N-ethyl adjacent to an activating group) is 1. The fraction of sp³-hybridized carbons (Fsp3) is 0.733. The number of amides is 1. The number of nitrogens with zero attached hydrogens (tertiary/aromatic N) is 3. The van der Waals surface area contributed by atoms with Crippen molar-refractivity contribution in [2.45, 2.75) is 37.5 Å². The molecule has 1 aromatic rings. The first-order valence-corrected chi connectivity index (χ1v) is 8.76. The molecule has 1 fully saturated rings. The smallest absolute Gasteiger partial charge is 0.244 e. The molecule has 2 atom stereocenters. The van der Waals surface area contributed by atoms with Gasteiger partial charge < -0.3 is 10.2 Å². The van der Waals surface area contributed by atoms with E-state index in [-0.39, 0.29) is 24.4 Å². The van der Waals surface area contributed by atoms with Crippen LogP contribution >= 0.6 is 24.2 Å². The van der Waals surface area contributed by atoms with Crippen molar-refractivity contribution in [2.75, 3.05) is 25.9 Å². The molecule has 126 valence electrons. The van der Waals surface area contributed by atoms with Crippen molar-refractivity contribution in [2.24, 2.45) is 7.05 Å². The molecule has 0 saturated carbocycles. The van der Waals surface area contributed by atoms with Crippen LogP contribution in [0.2, 0.25) is 0 Å². The van der Waals surface area contributed by atoms with E-state index in [1.807, 2.05) is 37.0 Å². The van der Waals surface area contributed by atoms with E-state index >= 15 is 0 Å². The van der Waals surface area contributed by atoms with Gasteiger partial charge in [0.1, 0.15) is 6.04 Å². The van der Waals surface area contributed by atoms with E-state index in [2.05, 4.69) is 17.3 Å². The number of halogens is 1. The predicted octanol–water partition coefficient (Wildman–Crippen LogP) is 2.24. The highest BCUT2D eigenvalue weighted by Crippen LogP contribution is 2.24. The summed E-state index contributed by atoms with van der Waals surface area (Å²) in [5.41, 5.74) is 0.939.